The molecule has 1 unspecified atom stereocenters. The van der Waals surface area contributed by atoms with Crippen LogP contribution in [0.3, 0.4) is 0 Å². The van der Waals surface area contributed by atoms with Crippen LogP contribution < -0.4 is 5.73 Å². The lowest BCUT2D eigenvalue weighted by Crippen LogP contribution is -2.36. The van der Waals surface area contributed by atoms with E-state index in [1.165, 1.54) is 0 Å². The molecule has 0 amide bonds. The van der Waals surface area contributed by atoms with Crippen molar-refractivity contribution < 1.29 is 9.90 Å². The molecule has 0 saturated carbocycles. The van der Waals surface area contributed by atoms with Gasteiger partial charge in [-0.25, -0.2) is 0 Å². The summed E-state index contributed by atoms with van der Waals surface area (Å²) in [6.07, 6.45) is 0.638. The van der Waals surface area contributed by atoms with Crippen LogP contribution in [0.2, 0.25) is 0 Å². The second-order valence-corrected chi connectivity index (χ2v) is 3.49. The Bertz CT molecular complexity index is 143. The van der Waals surface area contributed by atoms with Gasteiger partial charge in [-0.15, -0.1) is 0 Å². The first-order chi connectivity index (χ1) is 4.95. The van der Waals surface area contributed by atoms with Gasteiger partial charge in [-0.2, -0.15) is 0 Å². The monoisotopic (exact) mass is 159 g/mol. The molecule has 0 aliphatic heterocycles. The predicted octanol–water partition coefficient (Wildman–Crippen LogP) is 1.08. The van der Waals surface area contributed by atoms with Crippen molar-refractivity contribution in [1.29, 1.82) is 0 Å². The number of carbonyl (C=O) groups is 1. The molecule has 0 aromatic rings. The van der Waals surface area contributed by atoms with Crippen molar-refractivity contribution in [2.45, 2.75) is 27.2 Å². The quantitative estimate of drug-likeness (QED) is 0.645. The van der Waals surface area contributed by atoms with E-state index in [9.17, 15) is 4.79 Å². The number of hydrogen-bond donors (Lipinski definition) is 2. The maximum absolute atomic E-state index is 10.7. The van der Waals surface area contributed by atoms with Crippen molar-refractivity contribution in [1.82, 2.24) is 0 Å². The molecule has 0 rings (SSSR count). The SMILES string of the molecule is CCC(C(=O)O)C(C)(C)CN. The average Bonchev–Trinajstić information content (AvgIpc) is 1.88. The minimum absolute atomic E-state index is 0.291. The Labute approximate surface area is 67.6 Å². The number of hydrogen-bond acceptors (Lipinski definition) is 2. The molecule has 0 aliphatic rings. The zero-order valence-electron chi connectivity index (χ0n) is 7.42. The predicted molar refractivity (Wildman–Crippen MR) is 44.3 cm³/mol. The fourth-order valence-electron chi connectivity index (χ4n) is 1.20. The number of carboxylic acids is 1. The number of rotatable bonds is 4. The Balaban J connectivity index is 4.36. The van der Waals surface area contributed by atoms with Crippen molar-refractivity contribution in [3.05, 3.63) is 0 Å². The summed E-state index contributed by atoms with van der Waals surface area (Å²) in [4.78, 5) is 10.7. The molecule has 0 aliphatic carbocycles. The smallest absolute Gasteiger partial charge is 0.307 e. The first-order valence-corrected chi connectivity index (χ1v) is 3.88. The van der Waals surface area contributed by atoms with Crippen LogP contribution in [0.4, 0.5) is 0 Å². The van der Waals surface area contributed by atoms with E-state index < -0.39 is 5.97 Å². The highest BCUT2D eigenvalue weighted by atomic mass is 16.4. The van der Waals surface area contributed by atoms with Crippen LogP contribution in [0.15, 0.2) is 0 Å². The summed E-state index contributed by atoms with van der Waals surface area (Å²) in [6.45, 7) is 6.05. The van der Waals surface area contributed by atoms with Crippen LogP contribution in [0.25, 0.3) is 0 Å². The van der Waals surface area contributed by atoms with Gasteiger partial charge in [0.15, 0.2) is 0 Å². The molecule has 0 aromatic heterocycles. The second kappa shape index (κ2) is 3.72. The lowest BCUT2D eigenvalue weighted by atomic mass is 9.77. The maximum atomic E-state index is 10.7. The van der Waals surface area contributed by atoms with Gasteiger partial charge < -0.3 is 10.8 Å². The first-order valence-electron chi connectivity index (χ1n) is 3.88. The summed E-state index contributed by atoms with van der Waals surface area (Å²) in [5.41, 5.74) is 5.17. The molecule has 3 heteroatoms. The van der Waals surface area contributed by atoms with Gasteiger partial charge >= 0.3 is 5.97 Å². The Hall–Kier alpha value is -0.570. The first kappa shape index (κ1) is 10.4. The molecule has 3 nitrogen and oxygen atoms in total. The van der Waals surface area contributed by atoms with Crippen molar-refractivity contribution in [2.24, 2.45) is 17.1 Å². The molecule has 0 fully saturated rings. The summed E-state index contributed by atoms with van der Waals surface area (Å²) < 4.78 is 0. The second-order valence-electron chi connectivity index (χ2n) is 3.49. The van der Waals surface area contributed by atoms with Crippen molar-refractivity contribution in [3.8, 4) is 0 Å². The fourth-order valence-corrected chi connectivity index (χ4v) is 1.20. The molecular weight excluding hydrogens is 142 g/mol. The number of aliphatic carboxylic acids is 1. The molecule has 3 N–H and O–H groups in total. The molecule has 0 aromatic carbocycles. The molecule has 1 atom stereocenters. The summed E-state index contributed by atoms with van der Waals surface area (Å²) in [5, 5.41) is 8.78. The zero-order chi connectivity index (χ0) is 9.07. The standard InChI is InChI=1S/C8H17NO2/c1-4-6(7(10)11)8(2,3)5-9/h6H,4-5,9H2,1-3H3,(H,10,11). The summed E-state index contributed by atoms with van der Waals surface area (Å²) in [6, 6.07) is 0. The highest BCUT2D eigenvalue weighted by molar-refractivity contribution is 5.70. The van der Waals surface area contributed by atoms with Gasteiger partial charge in [0, 0.05) is 0 Å². The molecule has 66 valence electrons. The lowest BCUT2D eigenvalue weighted by molar-refractivity contribution is -0.145. The van der Waals surface area contributed by atoms with E-state index in [4.69, 9.17) is 10.8 Å². The van der Waals surface area contributed by atoms with E-state index in [1.54, 1.807) is 0 Å². The summed E-state index contributed by atoms with van der Waals surface area (Å²) in [7, 11) is 0. The Morgan fingerprint density at radius 1 is 1.64 bits per heavy atom. The molecule has 0 spiro atoms. The van der Waals surface area contributed by atoms with E-state index in [0.717, 1.165) is 0 Å². The fraction of sp³-hybridized carbons (Fsp3) is 0.875. The van der Waals surface area contributed by atoms with Crippen LogP contribution in [-0.2, 0) is 4.79 Å². The van der Waals surface area contributed by atoms with E-state index in [2.05, 4.69) is 0 Å². The van der Waals surface area contributed by atoms with Crippen LogP contribution in [-0.4, -0.2) is 17.6 Å². The van der Waals surface area contributed by atoms with Crippen molar-refractivity contribution in [3.63, 3.8) is 0 Å². The van der Waals surface area contributed by atoms with Crippen LogP contribution in [0.5, 0.6) is 0 Å². The van der Waals surface area contributed by atoms with Gasteiger partial charge in [-0.05, 0) is 18.4 Å². The maximum Gasteiger partial charge on any atom is 0.307 e. The van der Waals surface area contributed by atoms with Gasteiger partial charge in [0.2, 0.25) is 0 Å². The van der Waals surface area contributed by atoms with Crippen LogP contribution >= 0.6 is 0 Å². The third-order valence-electron chi connectivity index (χ3n) is 2.18. The molecule has 11 heavy (non-hydrogen) atoms. The van der Waals surface area contributed by atoms with Gasteiger partial charge in [-0.3, -0.25) is 4.79 Å². The lowest BCUT2D eigenvalue weighted by Gasteiger charge is -2.28. The molecule has 0 heterocycles. The molecule has 0 radical (unpaired) electrons. The average molecular weight is 159 g/mol. The topological polar surface area (TPSA) is 63.3 Å². The Morgan fingerprint density at radius 2 is 2.09 bits per heavy atom. The highest BCUT2D eigenvalue weighted by Gasteiger charge is 2.32. The summed E-state index contributed by atoms with van der Waals surface area (Å²) >= 11 is 0. The van der Waals surface area contributed by atoms with Crippen LogP contribution in [0.1, 0.15) is 27.2 Å². The zero-order valence-corrected chi connectivity index (χ0v) is 7.42. The highest BCUT2D eigenvalue weighted by Crippen LogP contribution is 2.27. The normalized spacial score (nSPS) is 14.5. The minimum atomic E-state index is -0.747. The molecular formula is C8H17NO2. The third kappa shape index (κ3) is 2.50. The molecule has 0 saturated heterocycles. The van der Waals surface area contributed by atoms with E-state index in [1.807, 2.05) is 20.8 Å². The largest absolute Gasteiger partial charge is 0.481 e. The van der Waals surface area contributed by atoms with Gasteiger partial charge in [0.25, 0.3) is 0 Å². The Morgan fingerprint density at radius 3 is 2.18 bits per heavy atom. The van der Waals surface area contributed by atoms with E-state index >= 15 is 0 Å². The number of nitrogens with two attached hydrogens (primary N) is 1. The van der Waals surface area contributed by atoms with Crippen molar-refractivity contribution in [2.75, 3.05) is 6.54 Å². The van der Waals surface area contributed by atoms with Crippen molar-refractivity contribution >= 4 is 5.97 Å². The molecule has 0 bridgehead atoms. The summed E-state index contributed by atoms with van der Waals surface area (Å²) in [5.74, 6) is -1.07. The van der Waals surface area contributed by atoms with Gasteiger partial charge in [0.1, 0.15) is 0 Å². The van der Waals surface area contributed by atoms with Gasteiger partial charge in [0.05, 0.1) is 5.92 Å². The number of carboxylic acid groups (broad SMARTS) is 1. The van der Waals surface area contributed by atoms with E-state index in [-0.39, 0.29) is 11.3 Å². The van der Waals surface area contributed by atoms with Crippen LogP contribution in [0, 0.1) is 11.3 Å². The third-order valence-corrected chi connectivity index (χ3v) is 2.18. The van der Waals surface area contributed by atoms with E-state index in [0.29, 0.717) is 13.0 Å². The Kier molecular flexibility index (Phi) is 3.52. The minimum Gasteiger partial charge on any atom is -0.481 e. The van der Waals surface area contributed by atoms with Gasteiger partial charge in [-0.1, -0.05) is 20.8 Å².